The number of aromatic nitrogens is 1. The highest BCUT2D eigenvalue weighted by atomic mass is 16.7. The number of ether oxygens (including phenoxy) is 3. The molecule has 3 N–H and O–H groups in total. The van der Waals surface area contributed by atoms with Crippen LogP contribution in [-0.2, 0) is 4.74 Å². The van der Waals surface area contributed by atoms with Crippen molar-refractivity contribution in [3.63, 3.8) is 0 Å². The third-order valence-electron chi connectivity index (χ3n) is 4.39. The van der Waals surface area contributed by atoms with Crippen LogP contribution in [0.2, 0.25) is 0 Å². The van der Waals surface area contributed by atoms with Gasteiger partial charge in [-0.15, -0.1) is 0 Å². The molecular formula is C24H24N4O5. The lowest BCUT2D eigenvalue weighted by Crippen LogP contribution is -2.27. The molecular weight excluding hydrogens is 424 g/mol. The van der Waals surface area contributed by atoms with Gasteiger partial charge in [0.05, 0.1) is 5.69 Å². The Morgan fingerprint density at radius 2 is 1.73 bits per heavy atom. The van der Waals surface area contributed by atoms with E-state index in [-0.39, 0.29) is 18.3 Å². The van der Waals surface area contributed by atoms with E-state index in [0.29, 0.717) is 28.6 Å². The Balaban J connectivity index is 1.63. The molecule has 2 amide bonds. The third kappa shape index (κ3) is 5.70. The molecule has 1 aromatic heterocycles. The summed E-state index contributed by atoms with van der Waals surface area (Å²) in [7, 11) is 0. The molecule has 0 radical (unpaired) electrons. The van der Waals surface area contributed by atoms with Crippen LogP contribution in [0.4, 0.5) is 27.7 Å². The number of amides is 2. The van der Waals surface area contributed by atoms with E-state index in [1.807, 2.05) is 30.3 Å². The molecule has 4 rings (SSSR count). The van der Waals surface area contributed by atoms with Crippen LogP contribution in [0.15, 0.2) is 60.7 Å². The number of anilines is 4. The lowest BCUT2D eigenvalue weighted by molar-refractivity contribution is 0.0635. The van der Waals surface area contributed by atoms with E-state index in [4.69, 9.17) is 14.2 Å². The Bertz CT molecular complexity index is 1180. The van der Waals surface area contributed by atoms with Crippen LogP contribution in [0.1, 0.15) is 31.3 Å². The number of benzene rings is 2. The van der Waals surface area contributed by atoms with E-state index < -0.39 is 17.6 Å². The summed E-state index contributed by atoms with van der Waals surface area (Å²) in [6, 6.07) is 17.6. The summed E-state index contributed by atoms with van der Waals surface area (Å²) in [6.45, 7) is 5.40. The molecule has 3 aromatic rings. The second kappa shape index (κ2) is 9.07. The molecule has 33 heavy (non-hydrogen) atoms. The minimum absolute atomic E-state index is 0.0969. The molecule has 2 aromatic carbocycles. The second-order valence-electron chi connectivity index (χ2n) is 8.24. The zero-order valence-electron chi connectivity index (χ0n) is 18.5. The lowest BCUT2D eigenvalue weighted by atomic mass is 10.2. The number of fused-ring (bicyclic) bond motifs is 1. The van der Waals surface area contributed by atoms with Gasteiger partial charge in [-0.25, -0.2) is 9.78 Å². The molecule has 9 nitrogen and oxygen atoms in total. The average molecular weight is 448 g/mol. The van der Waals surface area contributed by atoms with Crippen molar-refractivity contribution in [3.8, 4) is 11.5 Å². The molecule has 1 aliphatic rings. The highest BCUT2D eigenvalue weighted by molar-refractivity contribution is 6.04. The van der Waals surface area contributed by atoms with E-state index in [1.54, 1.807) is 51.1 Å². The summed E-state index contributed by atoms with van der Waals surface area (Å²) in [4.78, 5) is 29.5. The van der Waals surface area contributed by atoms with Crippen LogP contribution >= 0.6 is 0 Å². The van der Waals surface area contributed by atoms with Crippen molar-refractivity contribution < 1.29 is 23.8 Å². The Morgan fingerprint density at radius 3 is 2.48 bits per heavy atom. The van der Waals surface area contributed by atoms with E-state index in [1.165, 1.54) is 0 Å². The van der Waals surface area contributed by atoms with Gasteiger partial charge in [0.2, 0.25) is 6.79 Å². The topological polar surface area (TPSA) is 111 Å². The van der Waals surface area contributed by atoms with Gasteiger partial charge in [0.15, 0.2) is 11.5 Å². The monoisotopic (exact) mass is 448 g/mol. The van der Waals surface area contributed by atoms with Crippen molar-refractivity contribution in [2.75, 3.05) is 22.7 Å². The van der Waals surface area contributed by atoms with Gasteiger partial charge in [0.1, 0.15) is 17.1 Å². The Labute approximate surface area is 191 Å². The summed E-state index contributed by atoms with van der Waals surface area (Å²) in [6.07, 6.45) is -0.682. The summed E-state index contributed by atoms with van der Waals surface area (Å²) in [5, 5.41) is 8.59. The van der Waals surface area contributed by atoms with Crippen LogP contribution in [0.3, 0.4) is 0 Å². The number of nitrogens with one attached hydrogen (secondary N) is 3. The second-order valence-corrected chi connectivity index (χ2v) is 8.24. The lowest BCUT2D eigenvalue weighted by Gasteiger charge is -2.20. The van der Waals surface area contributed by atoms with Crippen molar-refractivity contribution in [1.82, 2.24) is 4.98 Å². The van der Waals surface area contributed by atoms with E-state index >= 15 is 0 Å². The van der Waals surface area contributed by atoms with Crippen molar-refractivity contribution in [3.05, 3.63) is 66.4 Å². The summed E-state index contributed by atoms with van der Waals surface area (Å²) >= 11 is 0. The van der Waals surface area contributed by atoms with Gasteiger partial charge in [0, 0.05) is 17.4 Å². The van der Waals surface area contributed by atoms with Crippen molar-refractivity contribution in [1.29, 1.82) is 0 Å². The van der Waals surface area contributed by atoms with Crippen molar-refractivity contribution in [2.24, 2.45) is 0 Å². The highest BCUT2D eigenvalue weighted by Gasteiger charge is 2.20. The Hall–Kier alpha value is -4.27. The first kappa shape index (κ1) is 21.9. The number of hydrogen-bond donors (Lipinski definition) is 3. The number of rotatable bonds is 5. The maximum atomic E-state index is 12.9. The van der Waals surface area contributed by atoms with Gasteiger partial charge < -0.3 is 24.8 Å². The minimum atomic E-state index is -0.685. The number of carbonyl (C=O) groups excluding carboxylic acids is 2. The summed E-state index contributed by atoms with van der Waals surface area (Å²) in [5.74, 6) is 0.890. The normalized spacial score (nSPS) is 12.1. The van der Waals surface area contributed by atoms with E-state index in [2.05, 4.69) is 20.9 Å². The highest BCUT2D eigenvalue weighted by Crippen LogP contribution is 2.40. The van der Waals surface area contributed by atoms with E-state index in [0.717, 1.165) is 0 Å². The molecule has 0 aliphatic carbocycles. The Kier molecular flexibility index (Phi) is 6.03. The molecule has 0 saturated heterocycles. The van der Waals surface area contributed by atoms with Gasteiger partial charge in [0.25, 0.3) is 5.91 Å². The maximum absolute atomic E-state index is 12.9. The molecule has 2 heterocycles. The first-order valence-electron chi connectivity index (χ1n) is 10.3. The van der Waals surface area contributed by atoms with Crippen LogP contribution < -0.4 is 25.4 Å². The van der Waals surface area contributed by atoms with Gasteiger partial charge in [-0.05, 0) is 51.1 Å². The van der Waals surface area contributed by atoms with Gasteiger partial charge in [-0.2, -0.15) is 0 Å². The summed E-state index contributed by atoms with van der Waals surface area (Å²) in [5.41, 5.74) is 1.19. The molecule has 9 heteroatoms. The van der Waals surface area contributed by atoms with Crippen molar-refractivity contribution >= 4 is 34.9 Å². The first-order chi connectivity index (χ1) is 15.8. The third-order valence-corrected chi connectivity index (χ3v) is 4.39. The molecule has 1 aliphatic heterocycles. The summed E-state index contributed by atoms with van der Waals surface area (Å²) < 4.78 is 16.3. The SMILES string of the molecule is CC(C)(C)OC(=O)Nc1cc(Nc2cccc3c2OCO3)cc(C(=O)Nc2ccccc2)n1. The fourth-order valence-electron chi connectivity index (χ4n) is 3.09. The number of carbonyl (C=O) groups is 2. The standard InChI is InChI=1S/C24H24N4O5/c1-24(2,3)33-23(30)28-20-13-16(25-17-10-7-11-19-21(17)32-14-31-19)12-18(27-20)22(29)26-15-8-5-4-6-9-15/h4-13H,14H2,1-3H3,(H,26,29)(H2,25,27,28,30). The largest absolute Gasteiger partial charge is 0.454 e. The van der Waals surface area contributed by atoms with Gasteiger partial charge in [-0.1, -0.05) is 24.3 Å². The molecule has 0 saturated carbocycles. The smallest absolute Gasteiger partial charge is 0.413 e. The first-order valence-corrected chi connectivity index (χ1v) is 10.3. The maximum Gasteiger partial charge on any atom is 0.413 e. The van der Waals surface area contributed by atoms with Crippen LogP contribution in [0, 0.1) is 0 Å². The van der Waals surface area contributed by atoms with Crippen LogP contribution in [0.25, 0.3) is 0 Å². The predicted octanol–water partition coefficient (Wildman–Crippen LogP) is 5.15. The van der Waals surface area contributed by atoms with Gasteiger partial charge >= 0.3 is 6.09 Å². The average Bonchev–Trinajstić information content (AvgIpc) is 3.23. The Morgan fingerprint density at radius 1 is 0.939 bits per heavy atom. The zero-order valence-corrected chi connectivity index (χ0v) is 18.5. The molecule has 0 fully saturated rings. The molecule has 0 spiro atoms. The number of para-hydroxylation sites is 2. The predicted molar refractivity (Wildman–Crippen MR) is 124 cm³/mol. The minimum Gasteiger partial charge on any atom is -0.454 e. The van der Waals surface area contributed by atoms with E-state index in [9.17, 15) is 9.59 Å². The number of pyridine rings is 1. The molecule has 0 atom stereocenters. The molecule has 0 unspecified atom stereocenters. The van der Waals surface area contributed by atoms with Crippen LogP contribution in [0.5, 0.6) is 11.5 Å². The zero-order chi connectivity index (χ0) is 23.4. The number of nitrogens with zero attached hydrogens (tertiary/aromatic N) is 1. The molecule has 0 bridgehead atoms. The quantitative estimate of drug-likeness (QED) is 0.495. The van der Waals surface area contributed by atoms with Crippen molar-refractivity contribution in [2.45, 2.75) is 26.4 Å². The van der Waals surface area contributed by atoms with Crippen LogP contribution in [-0.4, -0.2) is 29.4 Å². The van der Waals surface area contributed by atoms with Gasteiger partial charge in [-0.3, -0.25) is 10.1 Å². The fourth-order valence-corrected chi connectivity index (χ4v) is 3.09. The number of hydrogen-bond acceptors (Lipinski definition) is 7. The molecule has 170 valence electrons. The fraction of sp³-hybridized carbons (Fsp3) is 0.208.